The molecule has 1 saturated carbocycles. The third-order valence-corrected chi connectivity index (χ3v) is 4.73. The summed E-state index contributed by atoms with van der Waals surface area (Å²) in [6, 6.07) is 12.6. The van der Waals surface area contributed by atoms with Crippen molar-refractivity contribution >= 4 is 40.5 Å². The number of thiocarbonyl (C=S) groups is 1. The summed E-state index contributed by atoms with van der Waals surface area (Å²) in [5, 5.41) is 8.80. The zero-order valence-corrected chi connectivity index (χ0v) is 17.4. The maximum Gasteiger partial charge on any atom is 0.261 e. The van der Waals surface area contributed by atoms with Gasteiger partial charge in [-0.3, -0.25) is 14.9 Å². The molecule has 0 heterocycles. The molecule has 0 atom stereocenters. The highest BCUT2D eigenvalue weighted by atomic mass is 32.1. The number of amides is 2. The Morgan fingerprint density at radius 2 is 1.90 bits per heavy atom. The SMILES string of the molecule is CCCOc1ccccc1C(=O)NC(=S)Nc1ccc(C)c(NC(=O)C2CC2)c1. The zero-order chi connectivity index (χ0) is 20.8. The summed E-state index contributed by atoms with van der Waals surface area (Å²) in [7, 11) is 0. The van der Waals surface area contributed by atoms with Gasteiger partial charge in [0.25, 0.3) is 5.91 Å². The van der Waals surface area contributed by atoms with Crippen molar-refractivity contribution in [2.45, 2.75) is 33.1 Å². The Morgan fingerprint density at radius 3 is 2.62 bits per heavy atom. The number of hydrogen-bond acceptors (Lipinski definition) is 4. The van der Waals surface area contributed by atoms with Crippen LogP contribution in [0.5, 0.6) is 5.75 Å². The smallest absolute Gasteiger partial charge is 0.261 e. The number of ether oxygens (including phenoxy) is 1. The Labute approximate surface area is 176 Å². The molecule has 1 fully saturated rings. The average Bonchev–Trinajstić information content (AvgIpc) is 3.54. The van der Waals surface area contributed by atoms with Crippen molar-refractivity contribution in [3.63, 3.8) is 0 Å². The number of nitrogens with one attached hydrogen (secondary N) is 3. The van der Waals surface area contributed by atoms with Crippen LogP contribution >= 0.6 is 12.2 Å². The van der Waals surface area contributed by atoms with Crippen LogP contribution in [-0.4, -0.2) is 23.5 Å². The number of hydrogen-bond donors (Lipinski definition) is 3. The first-order valence-electron chi connectivity index (χ1n) is 9.73. The molecule has 1 aliphatic carbocycles. The topological polar surface area (TPSA) is 79.5 Å². The lowest BCUT2D eigenvalue weighted by atomic mass is 10.1. The first-order chi connectivity index (χ1) is 14.0. The molecule has 0 radical (unpaired) electrons. The van der Waals surface area contributed by atoms with E-state index in [-0.39, 0.29) is 22.8 Å². The molecule has 3 N–H and O–H groups in total. The minimum atomic E-state index is -0.344. The summed E-state index contributed by atoms with van der Waals surface area (Å²) < 4.78 is 5.63. The van der Waals surface area contributed by atoms with E-state index in [2.05, 4.69) is 16.0 Å². The van der Waals surface area contributed by atoms with Gasteiger partial charge in [0.05, 0.1) is 12.2 Å². The van der Waals surface area contributed by atoms with Gasteiger partial charge in [0.15, 0.2) is 5.11 Å². The number of aryl methyl sites for hydroxylation is 1. The predicted molar refractivity (Wildman–Crippen MR) is 118 cm³/mol. The van der Waals surface area contributed by atoms with Crippen molar-refractivity contribution < 1.29 is 14.3 Å². The molecule has 2 aromatic rings. The Bertz CT molecular complexity index is 925. The summed E-state index contributed by atoms with van der Waals surface area (Å²) in [4.78, 5) is 24.6. The quantitative estimate of drug-likeness (QED) is 0.594. The molecule has 29 heavy (non-hydrogen) atoms. The maximum atomic E-state index is 12.6. The molecule has 152 valence electrons. The predicted octanol–water partition coefficient (Wildman–Crippen LogP) is 4.26. The first kappa shape index (κ1) is 20.8. The van der Waals surface area contributed by atoms with Crippen molar-refractivity contribution in [3.05, 3.63) is 53.6 Å². The molecular formula is C22H25N3O3S. The van der Waals surface area contributed by atoms with E-state index in [1.165, 1.54) is 0 Å². The average molecular weight is 412 g/mol. The minimum absolute atomic E-state index is 0.0461. The molecule has 0 spiro atoms. The molecule has 6 nitrogen and oxygen atoms in total. The number of carbonyl (C=O) groups excluding carboxylic acids is 2. The first-order valence-corrected chi connectivity index (χ1v) is 10.1. The van der Waals surface area contributed by atoms with Gasteiger partial charge in [-0.2, -0.15) is 0 Å². The molecule has 0 aliphatic heterocycles. The summed E-state index contributed by atoms with van der Waals surface area (Å²) >= 11 is 5.29. The van der Waals surface area contributed by atoms with E-state index in [0.717, 1.165) is 30.5 Å². The molecule has 0 saturated heterocycles. The molecule has 0 unspecified atom stereocenters. The Balaban J connectivity index is 1.63. The fourth-order valence-electron chi connectivity index (χ4n) is 2.74. The minimum Gasteiger partial charge on any atom is -0.493 e. The van der Waals surface area contributed by atoms with Crippen LogP contribution in [0, 0.1) is 12.8 Å². The number of para-hydroxylation sites is 1. The number of benzene rings is 2. The highest BCUT2D eigenvalue weighted by Gasteiger charge is 2.29. The molecule has 0 bridgehead atoms. The second kappa shape index (κ2) is 9.52. The Hall–Kier alpha value is -2.93. The van der Waals surface area contributed by atoms with Gasteiger partial charge in [-0.25, -0.2) is 0 Å². The standard InChI is InChI=1S/C22H25N3O3S/c1-3-12-28-19-7-5-4-6-17(19)21(27)25-22(29)23-16-11-8-14(2)18(13-16)24-20(26)15-9-10-15/h4-8,11,13,15H,3,9-10,12H2,1-2H3,(H,24,26)(H2,23,25,27,29). The van der Waals surface area contributed by atoms with E-state index < -0.39 is 0 Å². The van der Waals surface area contributed by atoms with E-state index in [4.69, 9.17) is 17.0 Å². The number of anilines is 2. The van der Waals surface area contributed by atoms with Crippen LogP contribution in [0.1, 0.15) is 42.1 Å². The Morgan fingerprint density at radius 1 is 1.14 bits per heavy atom. The van der Waals surface area contributed by atoms with Gasteiger partial charge in [0, 0.05) is 17.3 Å². The van der Waals surface area contributed by atoms with E-state index in [0.29, 0.717) is 23.6 Å². The van der Waals surface area contributed by atoms with E-state index >= 15 is 0 Å². The lowest BCUT2D eigenvalue weighted by Gasteiger charge is -2.14. The van der Waals surface area contributed by atoms with Crippen LogP contribution in [0.4, 0.5) is 11.4 Å². The Kier molecular flexibility index (Phi) is 6.82. The second-order valence-electron chi connectivity index (χ2n) is 7.05. The van der Waals surface area contributed by atoms with Gasteiger partial charge < -0.3 is 15.4 Å². The summed E-state index contributed by atoms with van der Waals surface area (Å²) in [5.74, 6) is 0.352. The van der Waals surface area contributed by atoms with Crippen LogP contribution < -0.4 is 20.7 Å². The number of rotatable bonds is 7. The molecule has 0 aromatic heterocycles. The maximum absolute atomic E-state index is 12.6. The summed E-state index contributed by atoms with van der Waals surface area (Å²) in [6.07, 6.45) is 2.74. The normalized spacial score (nSPS) is 12.8. The number of carbonyl (C=O) groups is 2. The van der Waals surface area contributed by atoms with Crippen LogP contribution in [0.15, 0.2) is 42.5 Å². The molecule has 2 aromatic carbocycles. The van der Waals surface area contributed by atoms with Gasteiger partial charge in [-0.1, -0.05) is 25.1 Å². The third kappa shape index (κ3) is 5.77. The molecule has 3 rings (SSSR count). The monoisotopic (exact) mass is 411 g/mol. The van der Waals surface area contributed by atoms with Crippen molar-refractivity contribution in [1.82, 2.24) is 5.32 Å². The fourth-order valence-corrected chi connectivity index (χ4v) is 2.95. The highest BCUT2D eigenvalue weighted by molar-refractivity contribution is 7.80. The molecular weight excluding hydrogens is 386 g/mol. The van der Waals surface area contributed by atoms with Crippen molar-refractivity contribution in [2.24, 2.45) is 5.92 Å². The summed E-state index contributed by atoms with van der Waals surface area (Å²) in [5.41, 5.74) is 2.80. The molecule has 2 amide bonds. The van der Waals surface area contributed by atoms with Crippen LogP contribution in [0.3, 0.4) is 0 Å². The lowest BCUT2D eigenvalue weighted by Crippen LogP contribution is -2.34. The van der Waals surface area contributed by atoms with Gasteiger partial charge in [-0.05, 0) is 68.2 Å². The van der Waals surface area contributed by atoms with E-state index in [1.54, 1.807) is 18.2 Å². The largest absolute Gasteiger partial charge is 0.493 e. The summed E-state index contributed by atoms with van der Waals surface area (Å²) in [6.45, 7) is 4.47. The van der Waals surface area contributed by atoms with Gasteiger partial charge in [0.1, 0.15) is 5.75 Å². The van der Waals surface area contributed by atoms with Crippen molar-refractivity contribution in [1.29, 1.82) is 0 Å². The zero-order valence-electron chi connectivity index (χ0n) is 16.6. The van der Waals surface area contributed by atoms with Crippen LogP contribution in [0.25, 0.3) is 0 Å². The highest BCUT2D eigenvalue weighted by Crippen LogP contribution is 2.31. The van der Waals surface area contributed by atoms with E-state index in [1.807, 2.05) is 38.1 Å². The van der Waals surface area contributed by atoms with E-state index in [9.17, 15) is 9.59 Å². The van der Waals surface area contributed by atoms with Crippen LogP contribution in [0.2, 0.25) is 0 Å². The van der Waals surface area contributed by atoms with Crippen molar-refractivity contribution in [3.8, 4) is 5.75 Å². The van der Waals surface area contributed by atoms with Gasteiger partial charge in [-0.15, -0.1) is 0 Å². The van der Waals surface area contributed by atoms with Gasteiger partial charge in [0.2, 0.25) is 5.91 Å². The molecule has 1 aliphatic rings. The van der Waals surface area contributed by atoms with Crippen molar-refractivity contribution in [2.75, 3.05) is 17.2 Å². The fraction of sp³-hybridized carbons (Fsp3) is 0.318. The third-order valence-electron chi connectivity index (χ3n) is 4.52. The lowest BCUT2D eigenvalue weighted by molar-refractivity contribution is -0.117. The molecule has 7 heteroatoms. The second-order valence-corrected chi connectivity index (χ2v) is 7.45. The van der Waals surface area contributed by atoms with Gasteiger partial charge >= 0.3 is 0 Å². The van der Waals surface area contributed by atoms with Crippen LogP contribution in [-0.2, 0) is 4.79 Å².